The van der Waals surface area contributed by atoms with Gasteiger partial charge in [-0.3, -0.25) is 0 Å². The van der Waals surface area contributed by atoms with E-state index in [4.69, 9.17) is 9.47 Å². The predicted octanol–water partition coefficient (Wildman–Crippen LogP) is 8.97. The standard InChI is InChI=1S/C34H38O6/c1-3-5-7-9-19-39-29-17-13-23-21-25(33(35)36)11-15-27(23)31(29)32-28-16-12-26(34(37)38)22-24(28)14-18-30(32)40-20-10-8-6-4-2/h11-18,21-22H,3-10,19-20H2,1-2H3,(H,35,36)(H,37,38). The first kappa shape index (κ1) is 28.9. The number of carbonyl (C=O) groups is 2. The fraction of sp³-hybridized carbons (Fsp3) is 0.353. The van der Waals surface area contributed by atoms with Gasteiger partial charge in [-0.25, -0.2) is 9.59 Å². The van der Waals surface area contributed by atoms with Crippen molar-refractivity contribution in [2.24, 2.45) is 0 Å². The van der Waals surface area contributed by atoms with Crippen LogP contribution in [0.1, 0.15) is 85.9 Å². The molecule has 0 heterocycles. The highest BCUT2D eigenvalue weighted by Crippen LogP contribution is 2.46. The molecule has 210 valence electrons. The maximum atomic E-state index is 11.7. The third-order valence-electron chi connectivity index (χ3n) is 7.22. The van der Waals surface area contributed by atoms with Gasteiger partial charge in [0.05, 0.1) is 24.3 Å². The van der Waals surface area contributed by atoms with Gasteiger partial charge in [-0.05, 0) is 70.8 Å². The van der Waals surface area contributed by atoms with Gasteiger partial charge < -0.3 is 19.7 Å². The number of fused-ring (bicyclic) bond motifs is 2. The Morgan fingerprint density at radius 2 is 1.00 bits per heavy atom. The second-order valence-electron chi connectivity index (χ2n) is 10.2. The van der Waals surface area contributed by atoms with Crippen molar-refractivity contribution in [1.82, 2.24) is 0 Å². The maximum absolute atomic E-state index is 11.7. The van der Waals surface area contributed by atoms with Gasteiger partial charge in [0.25, 0.3) is 0 Å². The Morgan fingerprint density at radius 3 is 1.38 bits per heavy atom. The van der Waals surface area contributed by atoms with E-state index in [9.17, 15) is 19.8 Å². The number of unbranched alkanes of at least 4 members (excludes halogenated alkanes) is 6. The maximum Gasteiger partial charge on any atom is 0.335 e. The van der Waals surface area contributed by atoms with Crippen molar-refractivity contribution in [3.05, 3.63) is 71.8 Å². The summed E-state index contributed by atoms with van der Waals surface area (Å²) in [6.07, 6.45) is 8.61. The van der Waals surface area contributed by atoms with E-state index in [1.165, 1.54) is 0 Å². The van der Waals surface area contributed by atoms with Gasteiger partial charge in [0.1, 0.15) is 11.5 Å². The molecule has 6 nitrogen and oxygen atoms in total. The number of rotatable bonds is 15. The van der Waals surface area contributed by atoms with Crippen LogP contribution in [0.4, 0.5) is 0 Å². The molecule has 4 aromatic carbocycles. The molecule has 0 radical (unpaired) electrons. The van der Waals surface area contributed by atoms with Gasteiger partial charge in [-0.1, -0.05) is 76.6 Å². The number of hydrogen-bond acceptors (Lipinski definition) is 4. The van der Waals surface area contributed by atoms with Gasteiger partial charge in [-0.15, -0.1) is 0 Å². The molecular weight excluding hydrogens is 504 g/mol. The van der Waals surface area contributed by atoms with Crippen LogP contribution in [0, 0.1) is 0 Å². The molecule has 0 aliphatic carbocycles. The minimum atomic E-state index is -0.984. The van der Waals surface area contributed by atoms with Crippen molar-refractivity contribution >= 4 is 33.5 Å². The second-order valence-corrected chi connectivity index (χ2v) is 10.2. The topological polar surface area (TPSA) is 93.1 Å². The van der Waals surface area contributed by atoms with Crippen LogP contribution < -0.4 is 9.47 Å². The van der Waals surface area contributed by atoms with E-state index < -0.39 is 11.9 Å². The third-order valence-corrected chi connectivity index (χ3v) is 7.22. The summed E-state index contributed by atoms with van der Waals surface area (Å²) in [4.78, 5) is 23.4. The predicted molar refractivity (Wildman–Crippen MR) is 160 cm³/mol. The minimum Gasteiger partial charge on any atom is -0.493 e. The van der Waals surface area contributed by atoms with E-state index in [0.717, 1.165) is 84.0 Å². The van der Waals surface area contributed by atoms with E-state index in [0.29, 0.717) is 24.7 Å². The van der Waals surface area contributed by atoms with E-state index in [1.54, 1.807) is 24.3 Å². The molecule has 40 heavy (non-hydrogen) atoms. The molecule has 0 unspecified atom stereocenters. The zero-order valence-corrected chi connectivity index (χ0v) is 23.4. The monoisotopic (exact) mass is 542 g/mol. The summed E-state index contributed by atoms with van der Waals surface area (Å²) in [5.41, 5.74) is 2.07. The number of aromatic carboxylic acids is 2. The van der Waals surface area contributed by atoms with Gasteiger partial charge in [0.15, 0.2) is 0 Å². The van der Waals surface area contributed by atoms with Crippen LogP contribution in [0.5, 0.6) is 11.5 Å². The fourth-order valence-electron chi connectivity index (χ4n) is 5.06. The van der Waals surface area contributed by atoms with Crippen LogP contribution in [0.3, 0.4) is 0 Å². The molecule has 2 N–H and O–H groups in total. The molecule has 0 aromatic heterocycles. The van der Waals surface area contributed by atoms with Crippen LogP contribution in [0.2, 0.25) is 0 Å². The van der Waals surface area contributed by atoms with Crippen molar-refractivity contribution in [1.29, 1.82) is 0 Å². The normalized spacial score (nSPS) is 11.2. The van der Waals surface area contributed by atoms with E-state index >= 15 is 0 Å². The van der Waals surface area contributed by atoms with E-state index in [-0.39, 0.29) is 11.1 Å². The Bertz CT molecular complexity index is 1380. The average Bonchev–Trinajstić information content (AvgIpc) is 2.96. The number of ether oxygens (including phenoxy) is 2. The Hall–Kier alpha value is -4.06. The van der Waals surface area contributed by atoms with Crippen LogP contribution in [0.15, 0.2) is 60.7 Å². The molecule has 0 aliphatic heterocycles. The lowest BCUT2D eigenvalue weighted by atomic mass is 9.91. The largest absolute Gasteiger partial charge is 0.493 e. The number of benzene rings is 4. The van der Waals surface area contributed by atoms with Crippen molar-refractivity contribution in [2.75, 3.05) is 13.2 Å². The Labute approximate surface area is 235 Å². The van der Waals surface area contributed by atoms with Gasteiger partial charge in [-0.2, -0.15) is 0 Å². The first-order valence-electron chi connectivity index (χ1n) is 14.3. The fourth-order valence-corrected chi connectivity index (χ4v) is 5.06. The zero-order chi connectivity index (χ0) is 28.5. The summed E-state index contributed by atoms with van der Waals surface area (Å²) in [5, 5.41) is 22.4. The van der Waals surface area contributed by atoms with Gasteiger partial charge in [0.2, 0.25) is 0 Å². The molecule has 4 aromatic rings. The summed E-state index contributed by atoms with van der Waals surface area (Å²) in [6.45, 7) is 5.47. The lowest BCUT2D eigenvalue weighted by molar-refractivity contribution is 0.0686. The van der Waals surface area contributed by atoms with E-state index in [2.05, 4.69) is 13.8 Å². The molecule has 0 saturated carbocycles. The quantitative estimate of drug-likeness (QED) is 0.146. The van der Waals surface area contributed by atoms with Crippen molar-refractivity contribution in [3.8, 4) is 22.6 Å². The number of carboxylic acids is 2. The van der Waals surface area contributed by atoms with Crippen LogP contribution >= 0.6 is 0 Å². The van der Waals surface area contributed by atoms with Crippen LogP contribution in [-0.2, 0) is 0 Å². The molecule has 0 bridgehead atoms. The number of carboxylic acid groups (broad SMARTS) is 2. The average molecular weight is 543 g/mol. The van der Waals surface area contributed by atoms with Crippen LogP contribution in [0.25, 0.3) is 32.7 Å². The summed E-state index contributed by atoms with van der Waals surface area (Å²) in [6, 6.07) is 17.8. The van der Waals surface area contributed by atoms with Crippen molar-refractivity contribution in [3.63, 3.8) is 0 Å². The van der Waals surface area contributed by atoms with Crippen molar-refractivity contribution < 1.29 is 29.3 Å². The van der Waals surface area contributed by atoms with Gasteiger partial charge in [0, 0.05) is 11.1 Å². The first-order chi connectivity index (χ1) is 19.4. The SMILES string of the molecule is CCCCCCOc1ccc2cc(C(=O)O)ccc2c1-c1c(OCCCCCC)ccc2cc(C(=O)O)ccc12. The number of hydrogen-bond donors (Lipinski definition) is 2. The summed E-state index contributed by atoms with van der Waals surface area (Å²) < 4.78 is 12.8. The first-order valence-corrected chi connectivity index (χ1v) is 14.3. The Morgan fingerprint density at radius 1 is 0.575 bits per heavy atom. The molecular formula is C34H38O6. The molecule has 0 saturated heterocycles. The summed E-state index contributed by atoms with van der Waals surface area (Å²) in [5.74, 6) is -0.584. The Kier molecular flexibility index (Phi) is 10.0. The highest BCUT2D eigenvalue weighted by Gasteiger charge is 2.21. The highest BCUT2D eigenvalue weighted by atomic mass is 16.5. The van der Waals surface area contributed by atoms with Crippen molar-refractivity contribution in [2.45, 2.75) is 65.2 Å². The highest BCUT2D eigenvalue weighted by molar-refractivity contribution is 6.11. The lowest BCUT2D eigenvalue weighted by Gasteiger charge is -2.20. The van der Waals surface area contributed by atoms with Gasteiger partial charge >= 0.3 is 11.9 Å². The summed E-state index contributed by atoms with van der Waals surface area (Å²) >= 11 is 0. The molecule has 0 aliphatic rings. The smallest absolute Gasteiger partial charge is 0.335 e. The molecule has 4 rings (SSSR count). The molecule has 0 fully saturated rings. The molecule has 0 atom stereocenters. The summed E-state index contributed by atoms with van der Waals surface area (Å²) in [7, 11) is 0. The molecule has 6 heteroatoms. The van der Waals surface area contributed by atoms with E-state index in [1.807, 2.05) is 36.4 Å². The van der Waals surface area contributed by atoms with Crippen LogP contribution in [-0.4, -0.2) is 35.4 Å². The molecule has 0 spiro atoms. The minimum absolute atomic E-state index is 0.211. The zero-order valence-electron chi connectivity index (χ0n) is 23.4. The molecule has 0 amide bonds. The second kappa shape index (κ2) is 13.8. The lowest BCUT2D eigenvalue weighted by Crippen LogP contribution is -2.03. The third kappa shape index (κ3) is 6.74. The Balaban J connectivity index is 1.91.